The summed E-state index contributed by atoms with van der Waals surface area (Å²) in [4.78, 5) is 24.7. The van der Waals surface area contributed by atoms with Crippen LogP contribution >= 0.6 is 0 Å². The summed E-state index contributed by atoms with van der Waals surface area (Å²) in [6.07, 6.45) is 11.0. The van der Waals surface area contributed by atoms with Crippen molar-refractivity contribution in [3.63, 3.8) is 0 Å². The van der Waals surface area contributed by atoms with Crippen LogP contribution in [0.4, 0.5) is 4.79 Å². The van der Waals surface area contributed by atoms with Gasteiger partial charge in [-0.3, -0.25) is 4.79 Å². The standard InChI is InChI=1S/C20H22N6O2/c27-18-20(11-5-2-6-12-20)22-19(28)26(18)21-13-7-10-17-15-25(24-23-17)14-16-8-3-1-4-9-16/h1,3-4,7-10,13,15H,2,5-6,11-12,14H2,(H,22,28)/b10-7+,21-13-. The molecule has 8 nitrogen and oxygen atoms in total. The third-order valence-corrected chi connectivity index (χ3v) is 5.13. The fourth-order valence-corrected chi connectivity index (χ4v) is 3.69. The van der Waals surface area contributed by atoms with E-state index >= 15 is 0 Å². The van der Waals surface area contributed by atoms with Gasteiger partial charge >= 0.3 is 6.03 Å². The smallest absolute Gasteiger partial charge is 0.321 e. The first-order chi connectivity index (χ1) is 13.7. The van der Waals surface area contributed by atoms with Crippen LogP contribution in [-0.4, -0.2) is 43.7 Å². The van der Waals surface area contributed by atoms with Crippen LogP contribution in [0.1, 0.15) is 43.4 Å². The van der Waals surface area contributed by atoms with E-state index in [-0.39, 0.29) is 5.91 Å². The van der Waals surface area contributed by atoms with Crippen LogP contribution in [0.25, 0.3) is 6.08 Å². The maximum Gasteiger partial charge on any atom is 0.346 e. The Labute approximate surface area is 162 Å². The number of carbonyl (C=O) groups excluding carboxylic acids is 2. The summed E-state index contributed by atoms with van der Waals surface area (Å²) in [5.41, 5.74) is 1.05. The Kier molecular flexibility index (Phi) is 5.01. The fourth-order valence-electron chi connectivity index (χ4n) is 3.69. The van der Waals surface area contributed by atoms with Crippen molar-refractivity contribution in [3.8, 4) is 0 Å². The number of hydrogen-bond donors (Lipinski definition) is 1. The van der Waals surface area contributed by atoms with Crippen LogP contribution in [0.3, 0.4) is 0 Å². The number of urea groups is 1. The lowest BCUT2D eigenvalue weighted by atomic mass is 9.82. The van der Waals surface area contributed by atoms with Crippen molar-refractivity contribution in [2.45, 2.75) is 44.2 Å². The molecule has 1 aromatic heterocycles. The molecule has 8 heteroatoms. The Morgan fingerprint density at radius 2 is 1.93 bits per heavy atom. The predicted molar refractivity (Wildman–Crippen MR) is 104 cm³/mol. The van der Waals surface area contributed by atoms with Crippen LogP contribution in [0.15, 0.2) is 47.7 Å². The number of nitrogens with zero attached hydrogens (tertiary/aromatic N) is 5. The molecule has 2 heterocycles. The Bertz CT molecular complexity index is 912. The molecule has 3 amide bonds. The molecule has 0 unspecified atom stereocenters. The summed E-state index contributed by atoms with van der Waals surface area (Å²) in [6, 6.07) is 9.54. The summed E-state index contributed by atoms with van der Waals surface area (Å²) < 4.78 is 1.75. The largest absolute Gasteiger partial charge is 0.346 e. The SMILES string of the molecule is O=C1NC2(CCCCC2)C(=O)N1/N=C\C=C\c1cn(Cc2ccccc2)nn1. The van der Waals surface area contributed by atoms with Crippen LogP contribution in [0, 0.1) is 0 Å². The zero-order valence-corrected chi connectivity index (χ0v) is 15.5. The molecular weight excluding hydrogens is 356 g/mol. The van der Waals surface area contributed by atoms with Gasteiger partial charge in [-0.1, -0.05) is 54.8 Å². The fraction of sp³-hybridized carbons (Fsp3) is 0.350. The summed E-state index contributed by atoms with van der Waals surface area (Å²) >= 11 is 0. The predicted octanol–water partition coefficient (Wildman–Crippen LogP) is 2.58. The quantitative estimate of drug-likeness (QED) is 0.639. The Balaban J connectivity index is 1.36. The van der Waals surface area contributed by atoms with Crippen LogP contribution in [0.5, 0.6) is 0 Å². The highest BCUT2D eigenvalue weighted by molar-refractivity contribution is 6.07. The van der Waals surface area contributed by atoms with Crippen molar-refractivity contribution < 1.29 is 9.59 Å². The van der Waals surface area contributed by atoms with E-state index in [2.05, 4.69) is 20.7 Å². The lowest BCUT2D eigenvalue weighted by Crippen LogP contribution is -2.48. The minimum Gasteiger partial charge on any atom is -0.321 e. The van der Waals surface area contributed by atoms with E-state index < -0.39 is 11.6 Å². The molecule has 1 spiro atoms. The zero-order valence-electron chi connectivity index (χ0n) is 15.5. The van der Waals surface area contributed by atoms with E-state index in [1.807, 2.05) is 36.5 Å². The van der Waals surface area contributed by atoms with Crippen molar-refractivity contribution in [1.82, 2.24) is 25.3 Å². The molecule has 1 aromatic carbocycles. The second-order valence-corrected chi connectivity index (χ2v) is 7.14. The van der Waals surface area contributed by atoms with Gasteiger partial charge in [0.05, 0.1) is 12.7 Å². The normalized spacial score (nSPS) is 19.2. The van der Waals surface area contributed by atoms with Gasteiger partial charge in [0.25, 0.3) is 5.91 Å². The summed E-state index contributed by atoms with van der Waals surface area (Å²) in [5, 5.41) is 16.0. The van der Waals surface area contributed by atoms with E-state index in [0.717, 1.165) is 29.8 Å². The minimum absolute atomic E-state index is 0.254. The van der Waals surface area contributed by atoms with E-state index in [0.29, 0.717) is 25.1 Å². The zero-order chi connectivity index (χ0) is 19.4. The molecule has 28 heavy (non-hydrogen) atoms. The van der Waals surface area contributed by atoms with E-state index in [1.54, 1.807) is 16.8 Å². The molecule has 2 aromatic rings. The number of rotatable bonds is 5. The number of aromatic nitrogens is 3. The van der Waals surface area contributed by atoms with Crippen molar-refractivity contribution in [2.24, 2.45) is 5.10 Å². The molecular formula is C20H22N6O2. The number of nitrogens with one attached hydrogen (secondary N) is 1. The first-order valence-corrected chi connectivity index (χ1v) is 9.48. The van der Waals surface area contributed by atoms with Gasteiger partial charge in [0.2, 0.25) is 0 Å². The highest BCUT2D eigenvalue weighted by Crippen LogP contribution is 2.33. The lowest BCUT2D eigenvalue weighted by molar-refractivity contribution is -0.132. The average Bonchev–Trinajstić information content (AvgIpc) is 3.24. The molecule has 144 valence electrons. The first-order valence-electron chi connectivity index (χ1n) is 9.48. The van der Waals surface area contributed by atoms with Gasteiger partial charge in [-0.2, -0.15) is 5.10 Å². The molecule has 2 fully saturated rings. The summed E-state index contributed by atoms with van der Waals surface area (Å²) in [5.74, 6) is -0.254. The molecule has 1 N–H and O–H groups in total. The van der Waals surface area contributed by atoms with Gasteiger partial charge < -0.3 is 5.32 Å². The van der Waals surface area contributed by atoms with E-state index in [9.17, 15) is 9.59 Å². The second-order valence-electron chi connectivity index (χ2n) is 7.14. The van der Waals surface area contributed by atoms with Gasteiger partial charge in [0.1, 0.15) is 11.2 Å². The van der Waals surface area contributed by atoms with Gasteiger partial charge in [-0.05, 0) is 30.6 Å². The maximum atomic E-state index is 12.6. The number of benzene rings is 1. The molecule has 4 rings (SSSR count). The van der Waals surface area contributed by atoms with E-state index in [1.165, 1.54) is 6.21 Å². The van der Waals surface area contributed by atoms with Crippen molar-refractivity contribution in [2.75, 3.05) is 0 Å². The van der Waals surface area contributed by atoms with Gasteiger partial charge in [-0.15, -0.1) is 10.1 Å². The molecule has 2 aliphatic rings. The van der Waals surface area contributed by atoms with Crippen molar-refractivity contribution in [3.05, 3.63) is 53.9 Å². The van der Waals surface area contributed by atoms with Gasteiger partial charge in [0.15, 0.2) is 0 Å². The van der Waals surface area contributed by atoms with Gasteiger partial charge in [0, 0.05) is 6.21 Å². The Morgan fingerprint density at radius 3 is 2.71 bits per heavy atom. The van der Waals surface area contributed by atoms with Crippen LogP contribution < -0.4 is 5.32 Å². The number of imide groups is 1. The van der Waals surface area contributed by atoms with Crippen molar-refractivity contribution in [1.29, 1.82) is 0 Å². The number of hydrazone groups is 1. The molecule has 1 saturated carbocycles. The Morgan fingerprint density at radius 1 is 1.14 bits per heavy atom. The highest BCUT2D eigenvalue weighted by Gasteiger charge is 2.51. The summed E-state index contributed by atoms with van der Waals surface area (Å²) in [7, 11) is 0. The number of allylic oxidation sites excluding steroid dienone is 1. The topological polar surface area (TPSA) is 92.5 Å². The van der Waals surface area contributed by atoms with Crippen LogP contribution in [-0.2, 0) is 11.3 Å². The molecule has 0 atom stereocenters. The first kappa shape index (κ1) is 18.1. The lowest BCUT2D eigenvalue weighted by Gasteiger charge is -2.29. The van der Waals surface area contributed by atoms with Crippen molar-refractivity contribution >= 4 is 24.2 Å². The third-order valence-electron chi connectivity index (χ3n) is 5.13. The molecule has 0 bridgehead atoms. The molecule has 1 aliphatic heterocycles. The number of carbonyl (C=O) groups is 2. The Hall–Kier alpha value is -3.29. The van der Waals surface area contributed by atoms with Crippen LogP contribution in [0.2, 0.25) is 0 Å². The highest BCUT2D eigenvalue weighted by atomic mass is 16.2. The average molecular weight is 378 g/mol. The number of hydrogen-bond acceptors (Lipinski definition) is 5. The van der Waals surface area contributed by atoms with E-state index in [4.69, 9.17) is 0 Å². The molecule has 1 saturated heterocycles. The molecule has 0 radical (unpaired) electrons. The maximum absolute atomic E-state index is 12.6. The number of amides is 3. The van der Waals surface area contributed by atoms with Gasteiger partial charge in [-0.25, -0.2) is 9.48 Å². The third kappa shape index (κ3) is 3.71. The minimum atomic E-state index is -0.753. The second kappa shape index (κ2) is 7.75. The summed E-state index contributed by atoms with van der Waals surface area (Å²) in [6.45, 7) is 0.639. The molecule has 1 aliphatic carbocycles. The monoisotopic (exact) mass is 378 g/mol.